The lowest BCUT2D eigenvalue weighted by Crippen LogP contribution is -2.03. The van der Waals surface area contributed by atoms with Crippen LogP contribution in [0, 0.1) is 5.92 Å². The summed E-state index contributed by atoms with van der Waals surface area (Å²) in [6.45, 7) is 0. The van der Waals surface area contributed by atoms with Crippen LogP contribution in [0.4, 0.5) is 0 Å². The van der Waals surface area contributed by atoms with Crippen LogP contribution in [0.5, 0.6) is 0 Å². The van der Waals surface area contributed by atoms with Gasteiger partial charge in [-0.05, 0) is 34.5 Å². The Balaban J connectivity index is 2.04. The third kappa shape index (κ3) is 1.79. The zero-order chi connectivity index (χ0) is 9.42. The summed E-state index contributed by atoms with van der Waals surface area (Å²) in [5, 5.41) is 0. The molecule has 1 heterocycles. The smallest absolute Gasteiger partial charge is 0.309 e. The van der Waals surface area contributed by atoms with E-state index in [0.29, 0.717) is 5.92 Å². The van der Waals surface area contributed by atoms with Gasteiger partial charge in [-0.15, -0.1) is 11.3 Å². The molecule has 1 saturated carbocycles. The highest BCUT2D eigenvalue weighted by Gasteiger charge is 2.45. The van der Waals surface area contributed by atoms with Crippen LogP contribution < -0.4 is 0 Å². The summed E-state index contributed by atoms with van der Waals surface area (Å²) in [4.78, 5) is 12.4. The predicted octanol–water partition coefficient (Wildman–Crippen LogP) is 2.79. The van der Waals surface area contributed by atoms with Crippen LogP contribution >= 0.6 is 27.3 Å². The molecule has 2 rings (SSSR count). The van der Waals surface area contributed by atoms with Crippen molar-refractivity contribution in [2.24, 2.45) is 5.92 Å². The third-order valence-corrected chi connectivity index (χ3v) is 4.01. The van der Waals surface area contributed by atoms with Crippen LogP contribution in [0.1, 0.15) is 17.2 Å². The van der Waals surface area contributed by atoms with Gasteiger partial charge in [0.25, 0.3) is 0 Å². The predicted molar refractivity (Wildman–Crippen MR) is 54.9 cm³/mol. The fourth-order valence-corrected chi connectivity index (χ4v) is 3.05. The topological polar surface area (TPSA) is 26.3 Å². The molecule has 1 aliphatic rings. The van der Waals surface area contributed by atoms with Gasteiger partial charge in [0.05, 0.1) is 16.8 Å². The normalized spacial score (nSPS) is 25.7. The van der Waals surface area contributed by atoms with Gasteiger partial charge in [-0.3, -0.25) is 4.79 Å². The zero-order valence-electron chi connectivity index (χ0n) is 7.12. The highest BCUT2D eigenvalue weighted by molar-refractivity contribution is 9.11. The third-order valence-electron chi connectivity index (χ3n) is 2.25. The van der Waals surface area contributed by atoms with Gasteiger partial charge in [0.1, 0.15) is 0 Å². The number of ether oxygens (including phenoxy) is 1. The number of carbonyl (C=O) groups excluding carboxylic acids is 1. The molecule has 0 N–H and O–H groups in total. The molecule has 0 unspecified atom stereocenters. The Morgan fingerprint density at radius 1 is 1.69 bits per heavy atom. The Kier molecular flexibility index (Phi) is 2.43. The second-order valence-corrected chi connectivity index (χ2v) is 5.61. The standard InChI is InChI=1S/C9H9BrO2S/c1-12-9(11)6-4-5(6)7-2-3-8(10)13-7/h2-3,5-6H,4H2,1H3/t5-,6-/m1/s1. The molecule has 4 heteroatoms. The number of carbonyl (C=O) groups is 1. The van der Waals surface area contributed by atoms with Crippen LogP contribution in [0.3, 0.4) is 0 Å². The minimum absolute atomic E-state index is 0.0745. The number of rotatable bonds is 2. The van der Waals surface area contributed by atoms with Crippen LogP contribution in [0.15, 0.2) is 15.9 Å². The van der Waals surface area contributed by atoms with E-state index in [1.54, 1.807) is 11.3 Å². The van der Waals surface area contributed by atoms with E-state index >= 15 is 0 Å². The van der Waals surface area contributed by atoms with E-state index in [1.165, 1.54) is 12.0 Å². The highest BCUT2D eigenvalue weighted by atomic mass is 79.9. The molecule has 0 bridgehead atoms. The molecule has 13 heavy (non-hydrogen) atoms. The average molecular weight is 261 g/mol. The molecule has 1 aliphatic carbocycles. The minimum atomic E-state index is -0.0745. The van der Waals surface area contributed by atoms with Crippen molar-refractivity contribution in [2.45, 2.75) is 12.3 Å². The molecule has 2 atom stereocenters. The maximum absolute atomic E-state index is 11.1. The summed E-state index contributed by atoms with van der Waals surface area (Å²) < 4.78 is 5.81. The summed E-state index contributed by atoms with van der Waals surface area (Å²) in [5.41, 5.74) is 0. The van der Waals surface area contributed by atoms with E-state index in [-0.39, 0.29) is 11.9 Å². The Morgan fingerprint density at radius 3 is 3.00 bits per heavy atom. The first-order chi connectivity index (χ1) is 6.22. The van der Waals surface area contributed by atoms with Crippen LogP contribution in [-0.4, -0.2) is 13.1 Å². The number of hydrogen-bond acceptors (Lipinski definition) is 3. The minimum Gasteiger partial charge on any atom is -0.469 e. The first-order valence-corrected chi connectivity index (χ1v) is 5.66. The van der Waals surface area contributed by atoms with Crippen molar-refractivity contribution in [3.8, 4) is 0 Å². The Hall–Kier alpha value is -0.350. The van der Waals surface area contributed by atoms with Crippen LogP contribution in [-0.2, 0) is 9.53 Å². The molecule has 2 nitrogen and oxygen atoms in total. The molecule has 70 valence electrons. The SMILES string of the molecule is COC(=O)[C@@H]1C[C@H]1c1ccc(Br)s1. The van der Waals surface area contributed by atoms with Gasteiger partial charge in [-0.2, -0.15) is 0 Å². The Bertz CT molecular complexity index is 334. The van der Waals surface area contributed by atoms with Crippen molar-refractivity contribution in [3.63, 3.8) is 0 Å². The van der Waals surface area contributed by atoms with Gasteiger partial charge in [0.2, 0.25) is 0 Å². The highest BCUT2D eigenvalue weighted by Crippen LogP contribution is 2.50. The molecule has 0 saturated heterocycles. The Labute approximate surface area is 89.0 Å². The van der Waals surface area contributed by atoms with Gasteiger partial charge in [0, 0.05) is 10.8 Å². The molecule has 0 aromatic carbocycles. The first-order valence-electron chi connectivity index (χ1n) is 4.05. The summed E-state index contributed by atoms with van der Waals surface area (Å²) in [7, 11) is 1.45. The zero-order valence-corrected chi connectivity index (χ0v) is 9.52. The van der Waals surface area contributed by atoms with Gasteiger partial charge >= 0.3 is 5.97 Å². The quantitative estimate of drug-likeness (QED) is 0.765. The lowest BCUT2D eigenvalue weighted by molar-refractivity contribution is -0.142. The van der Waals surface area contributed by atoms with Crippen molar-refractivity contribution < 1.29 is 9.53 Å². The molecule has 0 radical (unpaired) electrons. The summed E-state index contributed by atoms with van der Waals surface area (Å²) in [6, 6.07) is 4.09. The summed E-state index contributed by atoms with van der Waals surface area (Å²) in [5.74, 6) is 0.439. The summed E-state index contributed by atoms with van der Waals surface area (Å²) in [6.07, 6.45) is 0.944. The van der Waals surface area contributed by atoms with E-state index in [4.69, 9.17) is 0 Å². The van der Waals surface area contributed by atoms with Gasteiger partial charge in [-0.1, -0.05) is 0 Å². The van der Waals surface area contributed by atoms with Crippen molar-refractivity contribution in [3.05, 3.63) is 20.8 Å². The molecule has 1 aromatic rings. The number of esters is 1. The second kappa shape index (κ2) is 3.42. The Morgan fingerprint density at radius 2 is 2.46 bits per heavy atom. The van der Waals surface area contributed by atoms with Crippen LogP contribution in [0.25, 0.3) is 0 Å². The maximum atomic E-state index is 11.1. The van der Waals surface area contributed by atoms with E-state index in [2.05, 4.69) is 26.7 Å². The van der Waals surface area contributed by atoms with E-state index in [1.807, 2.05) is 6.07 Å². The van der Waals surface area contributed by atoms with E-state index in [9.17, 15) is 4.79 Å². The van der Waals surface area contributed by atoms with E-state index in [0.717, 1.165) is 10.2 Å². The number of thiophene rings is 1. The fraction of sp³-hybridized carbons (Fsp3) is 0.444. The lowest BCUT2D eigenvalue weighted by atomic mass is 10.3. The van der Waals surface area contributed by atoms with Gasteiger partial charge in [0.15, 0.2) is 0 Å². The molecular weight excluding hydrogens is 252 g/mol. The first kappa shape index (κ1) is 9.21. The number of hydrogen-bond donors (Lipinski definition) is 0. The monoisotopic (exact) mass is 260 g/mol. The largest absolute Gasteiger partial charge is 0.469 e. The van der Waals surface area contributed by atoms with Crippen LogP contribution in [0.2, 0.25) is 0 Å². The molecule has 0 aliphatic heterocycles. The van der Waals surface area contributed by atoms with Crippen molar-refractivity contribution in [2.75, 3.05) is 7.11 Å². The molecular formula is C9H9BrO2S. The maximum Gasteiger partial charge on any atom is 0.309 e. The molecule has 0 spiro atoms. The molecule has 0 amide bonds. The van der Waals surface area contributed by atoms with Gasteiger partial charge in [-0.25, -0.2) is 0 Å². The van der Waals surface area contributed by atoms with E-state index < -0.39 is 0 Å². The fourth-order valence-electron chi connectivity index (χ4n) is 1.45. The lowest BCUT2D eigenvalue weighted by Gasteiger charge is -1.95. The summed E-state index contributed by atoms with van der Waals surface area (Å²) >= 11 is 5.10. The second-order valence-electron chi connectivity index (χ2n) is 3.11. The molecule has 1 aromatic heterocycles. The number of methoxy groups -OCH3 is 1. The van der Waals surface area contributed by atoms with Crippen molar-refractivity contribution >= 4 is 33.2 Å². The van der Waals surface area contributed by atoms with Crippen molar-refractivity contribution in [1.29, 1.82) is 0 Å². The average Bonchev–Trinajstić information content (AvgIpc) is 2.82. The number of halogens is 1. The molecule has 1 fully saturated rings. The van der Waals surface area contributed by atoms with Crippen molar-refractivity contribution in [1.82, 2.24) is 0 Å². The van der Waals surface area contributed by atoms with Gasteiger partial charge < -0.3 is 4.74 Å².